The Balaban J connectivity index is 3.34. The Morgan fingerprint density at radius 1 is 1.15 bits per heavy atom. The molecule has 1 N–H and O–H groups in total. The van der Waals surface area contributed by atoms with Crippen LogP contribution in [0.25, 0.3) is 0 Å². The number of carbonyl (C=O) groups excluding carboxylic acids is 1. The van der Waals surface area contributed by atoms with Crippen molar-refractivity contribution in [2.24, 2.45) is 5.92 Å². The maximum absolute atomic E-state index is 11.3. The average molecular weight is 285 g/mol. The molecule has 0 saturated carbocycles. The molecular formula is C15H27NO4. The largest absolute Gasteiger partial charge is 0.444 e. The number of hydrogen-bond acceptors (Lipinski definition) is 4. The van der Waals surface area contributed by atoms with E-state index >= 15 is 0 Å². The molecule has 5 heteroatoms. The molecule has 0 spiro atoms. The van der Waals surface area contributed by atoms with E-state index in [-0.39, 0.29) is 0 Å². The minimum Gasteiger partial charge on any atom is -0.444 e. The van der Waals surface area contributed by atoms with Gasteiger partial charge in [-0.1, -0.05) is 25.7 Å². The van der Waals surface area contributed by atoms with Gasteiger partial charge < -0.3 is 19.5 Å². The molecule has 1 amide bonds. The second kappa shape index (κ2) is 10.5. The zero-order valence-electron chi connectivity index (χ0n) is 13.2. The Morgan fingerprint density at radius 2 is 1.80 bits per heavy atom. The lowest BCUT2D eigenvalue weighted by atomic mass is 10.2. The highest BCUT2D eigenvalue weighted by Gasteiger charge is 2.15. The van der Waals surface area contributed by atoms with Gasteiger partial charge in [0.25, 0.3) is 0 Å². The molecule has 0 atom stereocenters. The van der Waals surface area contributed by atoms with Crippen LogP contribution in [-0.4, -0.2) is 44.7 Å². The minimum atomic E-state index is -0.476. The second-order valence-corrected chi connectivity index (χ2v) is 5.57. The minimum absolute atomic E-state index is 0.369. The number of amides is 1. The van der Waals surface area contributed by atoms with Crippen molar-refractivity contribution in [3.63, 3.8) is 0 Å². The molecule has 0 heterocycles. The molecular weight excluding hydrogens is 258 g/mol. The van der Waals surface area contributed by atoms with E-state index in [0.717, 1.165) is 0 Å². The fourth-order valence-corrected chi connectivity index (χ4v) is 1.13. The highest BCUT2D eigenvalue weighted by Crippen LogP contribution is 2.05. The lowest BCUT2D eigenvalue weighted by Crippen LogP contribution is -2.34. The van der Waals surface area contributed by atoms with Crippen molar-refractivity contribution in [3.05, 3.63) is 0 Å². The van der Waals surface area contributed by atoms with Crippen LogP contribution in [0.2, 0.25) is 0 Å². The summed E-state index contributed by atoms with van der Waals surface area (Å²) < 4.78 is 15.6. The van der Waals surface area contributed by atoms with E-state index < -0.39 is 11.7 Å². The summed E-state index contributed by atoms with van der Waals surface area (Å²) in [7, 11) is 0. The molecule has 0 aromatic heterocycles. The van der Waals surface area contributed by atoms with Gasteiger partial charge in [-0.25, -0.2) is 4.79 Å². The molecule has 0 radical (unpaired) electrons. The Hall–Kier alpha value is -1.25. The van der Waals surface area contributed by atoms with Gasteiger partial charge in [-0.3, -0.25) is 0 Å². The Morgan fingerprint density at radius 3 is 2.40 bits per heavy atom. The van der Waals surface area contributed by atoms with E-state index in [1.165, 1.54) is 0 Å². The molecule has 116 valence electrons. The van der Waals surface area contributed by atoms with Crippen molar-refractivity contribution < 1.29 is 19.0 Å². The molecule has 0 bridgehead atoms. The molecule has 0 aromatic carbocycles. The van der Waals surface area contributed by atoms with E-state index in [9.17, 15) is 4.79 Å². The zero-order valence-corrected chi connectivity index (χ0v) is 13.2. The fourth-order valence-electron chi connectivity index (χ4n) is 1.13. The first-order chi connectivity index (χ1) is 9.31. The average Bonchev–Trinajstić information content (AvgIpc) is 2.28. The Labute approximate surface area is 122 Å². The topological polar surface area (TPSA) is 56.8 Å². The summed E-state index contributed by atoms with van der Waals surface area (Å²) >= 11 is 0. The quantitative estimate of drug-likeness (QED) is 0.575. The van der Waals surface area contributed by atoms with Crippen molar-refractivity contribution >= 4 is 6.09 Å². The van der Waals surface area contributed by atoms with Gasteiger partial charge in [0.15, 0.2) is 0 Å². The van der Waals surface area contributed by atoms with E-state index in [0.29, 0.717) is 38.9 Å². The van der Waals surface area contributed by atoms with Crippen LogP contribution in [0.4, 0.5) is 4.79 Å². The first-order valence-corrected chi connectivity index (χ1v) is 6.92. The summed E-state index contributed by atoms with van der Waals surface area (Å²) in [6, 6.07) is 0. The van der Waals surface area contributed by atoms with Crippen molar-refractivity contribution in [2.75, 3.05) is 33.0 Å². The van der Waals surface area contributed by atoms with Gasteiger partial charge >= 0.3 is 6.09 Å². The van der Waals surface area contributed by atoms with Gasteiger partial charge in [0.1, 0.15) is 12.2 Å². The predicted molar refractivity (Wildman–Crippen MR) is 78.5 cm³/mol. The summed E-state index contributed by atoms with van der Waals surface area (Å²) in [4.78, 5) is 11.3. The smallest absolute Gasteiger partial charge is 0.407 e. The van der Waals surface area contributed by atoms with Crippen LogP contribution >= 0.6 is 0 Å². The highest BCUT2D eigenvalue weighted by atomic mass is 16.6. The summed E-state index contributed by atoms with van der Waals surface area (Å²) in [6.45, 7) is 11.8. The van der Waals surface area contributed by atoms with Crippen molar-refractivity contribution in [2.45, 2.75) is 40.2 Å². The SMILES string of the molecule is CC(C)C#CCOCCOCCNC(=O)OC(C)(C)C. The van der Waals surface area contributed by atoms with Gasteiger partial charge in [0, 0.05) is 12.5 Å². The van der Waals surface area contributed by atoms with Gasteiger partial charge in [-0.15, -0.1) is 0 Å². The van der Waals surface area contributed by atoms with Gasteiger partial charge in [0.05, 0.1) is 19.8 Å². The summed E-state index contributed by atoms with van der Waals surface area (Å²) in [5.41, 5.74) is -0.476. The third-order valence-electron chi connectivity index (χ3n) is 1.85. The van der Waals surface area contributed by atoms with Gasteiger partial charge in [-0.2, -0.15) is 0 Å². The van der Waals surface area contributed by atoms with Crippen LogP contribution in [0.15, 0.2) is 0 Å². The van der Waals surface area contributed by atoms with Crippen molar-refractivity contribution in [3.8, 4) is 11.8 Å². The normalized spacial score (nSPS) is 10.9. The zero-order chi connectivity index (χ0) is 15.4. The number of ether oxygens (including phenoxy) is 3. The molecule has 0 unspecified atom stereocenters. The van der Waals surface area contributed by atoms with Crippen LogP contribution in [0.5, 0.6) is 0 Å². The molecule has 20 heavy (non-hydrogen) atoms. The molecule has 0 aliphatic carbocycles. The summed E-state index contributed by atoms with van der Waals surface area (Å²) in [5, 5.41) is 2.61. The van der Waals surface area contributed by atoms with E-state index in [1.807, 2.05) is 34.6 Å². The number of rotatable bonds is 7. The van der Waals surface area contributed by atoms with E-state index in [4.69, 9.17) is 14.2 Å². The number of alkyl carbamates (subject to hydrolysis) is 1. The number of carbonyl (C=O) groups is 1. The first kappa shape index (κ1) is 18.8. The van der Waals surface area contributed by atoms with Crippen molar-refractivity contribution in [1.82, 2.24) is 5.32 Å². The van der Waals surface area contributed by atoms with Crippen LogP contribution in [-0.2, 0) is 14.2 Å². The standard InChI is InChI=1S/C15H27NO4/c1-13(2)7-6-9-18-11-12-19-10-8-16-14(17)20-15(3,4)5/h13H,8-12H2,1-5H3,(H,16,17). The van der Waals surface area contributed by atoms with E-state index in [2.05, 4.69) is 17.2 Å². The maximum atomic E-state index is 11.3. The predicted octanol–water partition coefficient (Wildman–Crippen LogP) is 2.20. The number of hydrogen-bond donors (Lipinski definition) is 1. The summed E-state index contributed by atoms with van der Waals surface area (Å²) in [6.07, 6.45) is -0.429. The van der Waals surface area contributed by atoms with Crippen LogP contribution in [0.1, 0.15) is 34.6 Å². The Bertz CT molecular complexity index is 323. The fraction of sp³-hybridized carbons (Fsp3) is 0.800. The lowest BCUT2D eigenvalue weighted by Gasteiger charge is -2.19. The molecule has 0 fully saturated rings. The monoisotopic (exact) mass is 285 g/mol. The van der Waals surface area contributed by atoms with Crippen molar-refractivity contribution in [1.29, 1.82) is 0 Å². The molecule has 0 aromatic rings. The van der Waals surface area contributed by atoms with Gasteiger partial charge in [-0.05, 0) is 20.8 Å². The number of nitrogens with one attached hydrogen (secondary N) is 1. The third kappa shape index (κ3) is 14.8. The summed E-state index contributed by atoms with van der Waals surface area (Å²) in [5.74, 6) is 6.30. The first-order valence-electron chi connectivity index (χ1n) is 6.92. The van der Waals surface area contributed by atoms with E-state index in [1.54, 1.807) is 0 Å². The Kier molecular flexibility index (Phi) is 9.87. The molecule has 0 saturated heterocycles. The van der Waals surface area contributed by atoms with Crippen LogP contribution in [0, 0.1) is 17.8 Å². The lowest BCUT2D eigenvalue weighted by molar-refractivity contribution is 0.0443. The molecule has 0 rings (SSSR count). The van der Waals surface area contributed by atoms with Gasteiger partial charge in [0.2, 0.25) is 0 Å². The second-order valence-electron chi connectivity index (χ2n) is 5.57. The molecule has 5 nitrogen and oxygen atoms in total. The third-order valence-corrected chi connectivity index (χ3v) is 1.85. The molecule has 0 aliphatic heterocycles. The van der Waals surface area contributed by atoms with Crippen LogP contribution < -0.4 is 5.32 Å². The maximum Gasteiger partial charge on any atom is 0.407 e. The molecule has 0 aliphatic rings. The highest BCUT2D eigenvalue weighted by molar-refractivity contribution is 5.67. The van der Waals surface area contributed by atoms with Crippen LogP contribution in [0.3, 0.4) is 0 Å².